The highest BCUT2D eigenvalue weighted by atomic mass is 16.5. The first kappa shape index (κ1) is 14.8. The van der Waals surface area contributed by atoms with Gasteiger partial charge in [0, 0.05) is 43.8 Å². The van der Waals surface area contributed by atoms with Gasteiger partial charge in [-0.05, 0) is 24.1 Å². The van der Waals surface area contributed by atoms with E-state index >= 15 is 0 Å². The zero-order chi connectivity index (χ0) is 14.4. The number of methoxy groups -OCH3 is 1. The molecule has 0 saturated heterocycles. The van der Waals surface area contributed by atoms with Crippen LogP contribution < -0.4 is 5.32 Å². The molecule has 20 heavy (non-hydrogen) atoms. The Morgan fingerprint density at radius 1 is 1.35 bits per heavy atom. The number of hydrogen-bond donors (Lipinski definition) is 1. The Hall–Kier alpha value is -1.58. The van der Waals surface area contributed by atoms with E-state index in [-0.39, 0.29) is 0 Å². The van der Waals surface area contributed by atoms with E-state index in [9.17, 15) is 0 Å². The van der Waals surface area contributed by atoms with E-state index in [4.69, 9.17) is 4.74 Å². The van der Waals surface area contributed by atoms with E-state index in [0.717, 1.165) is 32.7 Å². The summed E-state index contributed by atoms with van der Waals surface area (Å²) in [4.78, 5) is 0. The number of aromatic nitrogens is 1. The fraction of sp³-hybridized carbons (Fsp3) is 0.412. The Morgan fingerprint density at radius 3 is 2.95 bits per heavy atom. The van der Waals surface area contributed by atoms with E-state index in [1.807, 2.05) is 0 Å². The second kappa shape index (κ2) is 7.27. The maximum Gasteiger partial charge on any atom is 0.0587 e. The van der Waals surface area contributed by atoms with Crippen LogP contribution in [0.1, 0.15) is 18.9 Å². The van der Waals surface area contributed by atoms with Gasteiger partial charge in [-0.15, -0.1) is 0 Å². The number of fused-ring (bicyclic) bond motifs is 1. The van der Waals surface area contributed by atoms with Crippen LogP contribution in [0.5, 0.6) is 0 Å². The molecule has 1 heterocycles. The number of nitrogens with zero attached hydrogens (tertiary/aromatic N) is 1. The maximum absolute atomic E-state index is 5.05. The van der Waals surface area contributed by atoms with Crippen LogP contribution in [-0.4, -0.2) is 24.8 Å². The van der Waals surface area contributed by atoms with Crippen molar-refractivity contribution in [2.75, 3.05) is 20.3 Å². The maximum atomic E-state index is 5.05. The molecule has 1 aromatic heterocycles. The molecule has 0 saturated carbocycles. The topological polar surface area (TPSA) is 26.2 Å². The van der Waals surface area contributed by atoms with E-state index in [0.29, 0.717) is 0 Å². The third kappa shape index (κ3) is 3.50. The fourth-order valence-electron chi connectivity index (χ4n) is 2.33. The van der Waals surface area contributed by atoms with Gasteiger partial charge in [-0.1, -0.05) is 31.2 Å². The first-order valence-electron chi connectivity index (χ1n) is 7.19. The third-order valence-corrected chi connectivity index (χ3v) is 3.60. The van der Waals surface area contributed by atoms with E-state index in [2.05, 4.69) is 53.8 Å². The summed E-state index contributed by atoms with van der Waals surface area (Å²) in [5.74, 6) is 0. The van der Waals surface area contributed by atoms with Crippen molar-refractivity contribution in [1.29, 1.82) is 0 Å². The predicted molar refractivity (Wildman–Crippen MR) is 85.0 cm³/mol. The molecule has 0 spiro atoms. The predicted octanol–water partition coefficient (Wildman–Crippen LogP) is 3.34. The zero-order valence-electron chi connectivity index (χ0n) is 12.5. The molecule has 1 N–H and O–H groups in total. The van der Waals surface area contributed by atoms with Gasteiger partial charge in [0.05, 0.1) is 6.61 Å². The van der Waals surface area contributed by atoms with Gasteiger partial charge in [-0.3, -0.25) is 0 Å². The molecular formula is C17H24N2O. The minimum atomic E-state index is 0.743. The zero-order valence-corrected chi connectivity index (χ0v) is 12.5. The van der Waals surface area contributed by atoms with Gasteiger partial charge in [0.25, 0.3) is 0 Å². The van der Waals surface area contributed by atoms with Crippen molar-refractivity contribution in [3.8, 4) is 0 Å². The molecule has 2 rings (SSSR count). The van der Waals surface area contributed by atoms with Gasteiger partial charge in [0.15, 0.2) is 0 Å². The SMILES string of the molecule is C=C(CC)Cn1ccc2c(CNCCOC)cccc21. The summed E-state index contributed by atoms with van der Waals surface area (Å²) < 4.78 is 7.33. The van der Waals surface area contributed by atoms with Crippen LogP contribution in [0, 0.1) is 0 Å². The summed E-state index contributed by atoms with van der Waals surface area (Å²) in [5, 5.41) is 4.72. The van der Waals surface area contributed by atoms with Crippen LogP contribution in [0.2, 0.25) is 0 Å². The molecule has 3 heteroatoms. The second-order valence-electron chi connectivity index (χ2n) is 5.07. The monoisotopic (exact) mass is 272 g/mol. The Bertz CT molecular complexity index is 571. The number of allylic oxidation sites excluding steroid dienone is 1. The van der Waals surface area contributed by atoms with Crippen LogP contribution in [-0.2, 0) is 17.8 Å². The molecule has 108 valence electrons. The third-order valence-electron chi connectivity index (χ3n) is 3.60. The summed E-state index contributed by atoms with van der Waals surface area (Å²) in [5.41, 5.74) is 3.87. The smallest absolute Gasteiger partial charge is 0.0587 e. The van der Waals surface area contributed by atoms with Crippen LogP contribution in [0.25, 0.3) is 10.9 Å². The van der Waals surface area contributed by atoms with Crippen molar-refractivity contribution >= 4 is 10.9 Å². The highest BCUT2D eigenvalue weighted by molar-refractivity contribution is 5.83. The lowest BCUT2D eigenvalue weighted by atomic mass is 10.1. The molecule has 0 amide bonds. The largest absolute Gasteiger partial charge is 0.383 e. The van der Waals surface area contributed by atoms with Crippen molar-refractivity contribution in [3.05, 3.63) is 48.2 Å². The van der Waals surface area contributed by atoms with Crippen LogP contribution >= 0.6 is 0 Å². The van der Waals surface area contributed by atoms with E-state index < -0.39 is 0 Å². The lowest BCUT2D eigenvalue weighted by Crippen LogP contribution is -2.18. The van der Waals surface area contributed by atoms with Gasteiger partial charge >= 0.3 is 0 Å². The van der Waals surface area contributed by atoms with Crippen LogP contribution in [0.15, 0.2) is 42.6 Å². The molecule has 0 aliphatic heterocycles. The Labute approximate surface area is 121 Å². The standard InChI is InChI=1S/C17H24N2O/c1-4-14(2)13-19-10-8-16-15(6-5-7-17(16)19)12-18-9-11-20-3/h5-8,10,18H,2,4,9,11-13H2,1,3H3. The number of ether oxygens (including phenoxy) is 1. The molecule has 0 radical (unpaired) electrons. The molecule has 0 unspecified atom stereocenters. The number of rotatable bonds is 8. The van der Waals surface area contributed by atoms with Gasteiger partial charge < -0.3 is 14.6 Å². The van der Waals surface area contributed by atoms with Crippen molar-refractivity contribution < 1.29 is 4.74 Å². The molecule has 1 aromatic carbocycles. The minimum Gasteiger partial charge on any atom is -0.383 e. The average Bonchev–Trinajstić information content (AvgIpc) is 2.87. The molecule has 2 aromatic rings. The molecule has 0 aliphatic carbocycles. The first-order valence-corrected chi connectivity index (χ1v) is 7.19. The average molecular weight is 272 g/mol. The molecule has 0 aliphatic rings. The Kier molecular flexibility index (Phi) is 5.39. The van der Waals surface area contributed by atoms with E-state index in [1.165, 1.54) is 22.0 Å². The number of hydrogen-bond acceptors (Lipinski definition) is 2. The van der Waals surface area contributed by atoms with Crippen molar-refractivity contribution in [2.24, 2.45) is 0 Å². The molecular weight excluding hydrogens is 248 g/mol. The van der Waals surface area contributed by atoms with Crippen molar-refractivity contribution in [2.45, 2.75) is 26.4 Å². The summed E-state index contributed by atoms with van der Waals surface area (Å²) >= 11 is 0. The summed E-state index contributed by atoms with van der Waals surface area (Å²) in [6.45, 7) is 9.65. The molecule has 0 atom stereocenters. The number of nitrogens with one attached hydrogen (secondary N) is 1. The molecule has 3 nitrogen and oxygen atoms in total. The lowest BCUT2D eigenvalue weighted by molar-refractivity contribution is 0.199. The highest BCUT2D eigenvalue weighted by Crippen LogP contribution is 2.21. The lowest BCUT2D eigenvalue weighted by Gasteiger charge is -2.09. The molecule has 0 fully saturated rings. The number of benzene rings is 1. The van der Waals surface area contributed by atoms with Crippen molar-refractivity contribution in [3.63, 3.8) is 0 Å². The van der Waals surface area contributed by atoms with Crippen LogP contribution in [0.3, 0.4) is 0 Å². The van der Waals surface area contributed by atoms with Gasteiger partial charge in [-0.25, -0.2) is 0 Å². The van der Waals surface area contributed by atoms with Gasteiger partial charge in [0.1, 0.15) is 0 Å². The second-order valence-corrected chi connectivity index (χ2v) is 5.07. The summed E-state index contributed by atoms with van der Waals surface area (Å²) in [6, 6.07) is 8.69. The van der Waals surface area contributed by atoms with Crippen LogP contribution in [0.4, 0.5) is 0 Å². The Morgan fingerprint density at radius 2 is 2.20 bits per heavy atom. The molecule has 0 bridgehead atoms. The normalized spacial score (nSPS) is 11.1. The minimum absolute atomic E-state index is 0.743. The van der Waals surface area contributed by atoms with E-state index in [1.54, 1.807) is 7.11 Å². The summed E-state index contributed by atoms with van der Waals surface area (Å²) in [7, 11) is 1.73. The van der Waals surface area contributed by atoms with Gasteiger partial charge in [0.2, 0.25) is 0 Å². The summed E-state index contributed by atoms with van der Waals surface area (Å²) in [6.07, 6.45) is 3.18. The van der Waals surface area contributed by atoms with Gasteiger partial charge in [-0.2, -0.15) is 0 Å². The first-order chi connectivity index (χ1) is 9.76. The quantitative estimate of drug-likeness (QED) is 0.589. The highest BCUT2D eigenvalue weighted by Gasteiger charge is 2.05. The van der Waals surface area contributed by atoms with Crippen molar-refractivity contribution in [1.82, 2.24) is 9.88 Å². The fourth-order valence-corrected chi connectivity index (χ4v) is 2.33. The Balaban J connectivity index is 2.14.